The van der Waals surface area contributed by atoms with Crippen molar-refractivity contribution in [2.75, 3.05) is 25.5 Å². The molecular formula is C14H18N4O2. The smallest absolute Gasteiger partial charge is 0.239 e. The Hall–Kier alpha value is -2.37. The van der Waals surface area contributed by atoms with E-state index in [2.05, 4.69) is 20.6 Å². The van der Waals surface area contributed by atoms with E-state index in [4.69, 9.17) is 4.74 Å². The minimum atomic E-state index is -0.0696. The van der Waals surface area contributed by atoms with Crippen molar-refractivity contribution in [2.45, 2.75) is 13.8 Å². The molecule has 2 N–H and O–H groups in total. The van der Waals surface area contributed by atoms with E-state index in [-0.39, 0.29) is 12.5 Å². The summed E-state index contributed by atoms with van der Waals surface area (Å²) in [4.78, 5) is 20.2. The molecule has 6 heteroatoms. The van der Waals surface area contributed by atoms with Crippen molar-refractivity contribution >= 4 is 22.6 Å². The lowest BCUT2D eigenvalue weighted by Gasteiger charge is -2.10. The summed E-state index contributed by atoms with van der Waals surface area (Å²) in [5.41, 5.74) is 0.816. The van der Waals surface area contributed by atoms with Crippen LogP contribution in [0.5, 0.6) is 5.75 Å². The zero-order chi connectivity index (χ0) is 14.5. The first-order valence-electron chi connectivity index (χ1n) is 6.47. The second kappa shape index (κ2) is 6.18. The van der Waals surface area contributed by atoms with E-state index in [1.54, 1.807) is 7.11 Å². The van der Waals surface area contributed by atoms with Crippen molar-refractivity contribution in [3.05, 3.63) is 24.0 Å². The van der Waals surface area contributed by atoms with Gasteiger partial charge in [0, 0.05) is 11.9 Å². The van der Waals surface area contributed by atoms with Crippen LogP contribution >= 0.6 is 0 Å². The molecule has 1 aromatic heterocycles. The van der Waals surface area contributed by atoms with Crippen molar-refractivity contribution in [3.63, 3.8) is 0 Å². The van der Waals surface area contributed by atoms with Crippen LogP contribution in [0.1, 0.15) is 12.7 Å². The molecule has 0 bridgehead atoms. The number of anilines is 1. The van der Waals surface area contributed by atoms with Gasteiger partial charge in [0.1, 0.15) is 17.4 Å². The molecule has 0 unspecified atom stereocenters. The van der Waals surface area contributed by atoms with Gasteiger partial charge in [-0.05, 0) is 32.0 Å². The molecule has 0 aliphatic carbocycles. The van der Waals surface area contributed by atoms with Crippen molar-refractivity contribution < 1.29 is 9.53 Å². The maximum atomic E-state index is 11.5. The van der Waals surface area contributed by atoms with Gasteiger partial charge < -0.3 is 15.4 Å². The molecule has 0 aliphatic heterocycles. The van der Waals surface area contributed by atoms with Gasteiger partial charge in [-0.1, -0.05) is 0 Å². The van der Waals surface area contributed by atoms with Crippen LogP contribution in [0.3, 0.4) is 0 Å². The third-order valence-electron chi connectivity index (χ3n) is 2.81. The fourth-order valence-electron chi connectivity index (χ4n) is 1.91. The maximum absolute atomic E-state index is 11.5. The first-order chi connectivity index (χ1) is 9.63. The van der Waals surface area contributed by atoms with Gasteiger partial charge in [0.15, 0.2) is 0 Å². The van der Waals surface area contributed by atoms with Gasteiger partial charge in [-0.3, -0.25) is 4.79 Å². The Morgan fingerprint density at radius 3 is 2.85 bits per heavy atom. The van der Waals surface area contributed by atoms with Gasteiger partial charge >= 0.3 is 0 Å². The lowest BCUT2D eigenvalue weighted by molar-refractivity contribution is -0.119. The molecule has 0 saturated heterocycles. The summed E-state index contributed by atoms with van der Waals surface area (Å²) >= 11 is 0. The number of likely N-dealkylation sites (N-methyl/N-ethyl adjacent to an activating group) is 1. The Bertz CT molecular complexity index is 628. The molecular weight excluding hydrogens is 256 g/mol. The predicted molar refractivity (Wildman–Crippen MR) is 78.0 cm³/mol. The highest BCUT2D eigenvalue weighted by Gasteiger charge is 2.08. The van der Waals surface area contributed by atoms with Crippen molar-refractivity contribution in [3.8, 4) is 5.75 Å². The summed E-state index contributed by atoms with van der Waals surface area (Å²) in [5, 5.41) is 6.61. The normalized spacial score (nSPS) is 10.3. The Labute approximate surface area is 117 Å². The maximum Gasteiger partial charge on any atom is 0.239 e. The van der Waals surface area contributed by atoms with Crippen LogP contribution in [0.15, 0.2) is 18.2 Å². The number of aryl methyl sites for hydroxylation is 1. The zero-order valence-corrected chi connectivity index (χ0v) is 11.9. The standard InChI is InChI=1S/C14H18N4O2/c1-4-15-13(19)8-16-14-11-7-10(20-3)5-6-12(11)17-9(2)18-14/h5-7H,4,8H2,1-3H3,(H,15,19)(H,16,17,18). The zero-order valence-electron chi connectivity index (χ0n) is 11.9. The number of methoxy groups -OCH3 is 1. The lowest BCUT2D eigenvalue weighted by atomic mass is 10.2. The Morgan fingerprint density at radius 1 is 1.35 bits per heavy atom. The number of benzene rings is 1. The largest absolute Gasteiger partial charge is 0.497 e. The topological polar surface area (TPSA) is 76.1 Å². The van der Waals surface area contributed by atoms with Crippen LogP contribution in [0.4, 0.5) is 5.82 Å². The predicted octanol–water partition coefficient (Wildman–Crippen LogP) is 1.49. The summed E-state index contributed by atoms with van der Waals surface area (Å²) in [6.07, 6.45) is 0. The number of nitrogens with one attached hydrogen (secondary N) is 2. The molecule has 20 heavy (non-hydrogen) atoms. The minimum Gasteiger partial charge on any atom is -0.497 e. The molecule has 106 valence electrons. The van der Waals surface area contributed by atoms with E-state index in [9.17, 15) is 4.79 Å². The molecule has 6 nitrogen and oxygen atoms in total. The fourth-order valence-corrected chi connectivity index (χ4v) is 1.91. The second-order valence-corrected chi connectivity index (χ2v) is 4.31. The Kier molecular flexibility index (Phi) is 4.34. The number of ether oxygens (including phenoxy) is 1. The summed E-state index contributed by atoms with van der Waals surface area (Å²) in [5.74, 6) is 1.95. The molecule has 0 aliphatic rings. The molecule has 1 heterocycles. The molecule has 2 aromatic rings. The van der Waals surface area contributed by atoms with Gasteiger partial charge in [0.05, 0.1) is 19.2 Å². The number of fused-ring (bicyclic) bond motifs is 1. The number of nitrogens with zero attached hydrogens (tertiary/aromatic N) is 2. The summed E-state index contributed by atoms with van der Waals surface area (Å²) in [6, 6.07) is 5.58. The van der Waals surface area contributed by atoms with Gasteiger partial charge in [-0.2, -0.15) is 0 Å². The second-order valence-electron chi connectivity index (χ2n) is 4.31. The van der Waals surface area contributed by atoms with Gasteiger partial charge in [-0.15, -0.1) is 0 Å². The average molecular weight is 274 g/mol. The van der Waals surface area contributed by atoms with Crippen LogP contribution in [-0.2, 0) is 4.79 Å². The van der Waals surface area contributed by atoms with Crippen LogP contribution in [-0.4, -0.2) is 36.1 Å². The third kappa shape index (κ3) is 3.14. The van der Waals surface area contributed by atoms with Crippen molar-refractivity contribution in [1.29, 1.82) is 0 Å². The molecule has 0 spiro atoms. The van der Waals surface area contributed by atoms with Crippen LogP contribution < -0.4 is 15.4 Å². The van der Waals surface area contributed by atoms with Crippen LogP contribution in [0.25, 0.3) is 10.9 Å². The number of amides is 1. The number of hydrogen-bond donors (Lipinski definition) is 2. The van der Waals surface area contributed by atoms with Crippen molar-refractivity contribution in [1.82, 2.24) is 15.3 Å². The summed E-state index contributed by atoms with van der Waals surface area (Å²) < 4.78 is 5.21. The molecule has 1 amide bonds. The average Bonchev–Trinajstić information content (AvgIpc) is 2.44. The summed E-state index contributed by atoms with van der Waals surface area (Å²) in [6.45, 7) is 4.49. The molecule has 0 radical (unpaired) electrons. The van der Waals surface area contributed by atoms with Crippen molar-refractivity contribution in [2.24, 2.45) is 0 Å². The lowest BCUT2D eigenvalue weighted by Crippen LogP contribution is -2.29. The van der Waals surface area contributed by atoms with E-state index in [0.717, 1.165) is 16.7 Å². The van der Waals surface area contributed by atoms with E-state index in [0.29, 0.717) is 18.2 Å². The number of hydrogen-bond acceptors (Lipinski definition) is 5. The quantitative estimate of drug-likeness (QED) is 0.864. The SMILES string of the molecule is CCNC(=O)CNc1nc(C)nc2ccc(OC)cc12. The number of carbonyl (C=O) groups is 1. The fraction of sp³-hybridized carbons (Fsp3) is 0.357. The van der Waals surface area contributed by atoms with E-state index >= 15 is 0 Å². The van der Waals surface area contributed by atoms with Crippen LogP contribution in [0.2, 0.25) is 0 Å². The first kappa shape index (κ1) is 14.0. The number of carbonyl (C=O) groups excluding carboxylic acids is 1. The molecule has 1 aromatic carbocycles. The Balaban J connectivity index is 2.32. The van der Waals surface area contributed by atoms with Gasteiger partial charge in [0.25, 0.3) is 0 Å². The van der Waals surface area contributed by atoms with E-state index < -0.39 is 0 Å². The first-order valence-corrected chi connectivity index (χ1v) is 6.47. The highest BCUT2D eigenvalue weighted by atomic mass is 16.5. The third-order valence-corrected chi connectivity index (χ3v) is 2.81. The number of aromatic nitrogens is 2. The molecule has 2 rings (SSSR count). The van der Waals surface area contributed by atoms with Crippen LogP contribution in [0, 0.1) is 6.92 Å². The highest BCUT2D eigenvalue weighted by Crippen LogP contribution is 2.24. The molecule has 0 atom stereocenters. The minimum absolute atomic E-state index is 0.0696. The van der Waals surface area contributed by atoms with Gasteiger partial charge in [0.2, 0.25) is 5.91 Å². The monoisotopic (exact) mass is 274 g/mol. The summed E-state index contributed by atoms with van der Waals surface area (Å²) in [7, 11) is 1.61. The highest BCUT2D eigenvalue weighted by molar-refractivity contribution is 5.92. The molecule has 0 saturated carbocycles. The van der Waals surface area contributed by atoms with E-state index in [1.165, 1.54) is 0 Å². The number of rotatable bonds is 5. The Morgan fingerprint density at radius 2 is 2.15 bits per heavy atom. The van der Waals surface area contributed by atoms with Gasteiger partial charge in [-0.25, -0.2) is 9.97 Å². The molecule has 0 fully saturated rings. The van der Waals surface area contributed by atoms with E-state index in [1.807, 2.05) is 32.0 Å².